The quantitative estimate of drug-likeness (QED) is 0.0587. The monoisotopic (exact) mass is 665 g/mol. The Morgan fingerprint density at radius 1 is 0.851 bits per heavy atom. The first-order chi connectivity index (χ1) is 21.8. The third-order valence-electron chi connectivity index (χ3n) is 11.7. The number of aliphatic hydroxyl groups excluding tert-OH is 4. The van der Waals surface area contributed by atoms with E-state index in [1.807, 2.05) is 40.7 Å². The molecule has 2 rings (SSSR count). The minimum absolute atomic E-state index is 0.00798. The Balaban J connectivity index is 1.78. The van der Waals surface area contributed by atoms with E-state index in [-0.39, 0.29) is 47.4 Å². The summed E-state index contributed by atoms with van der Waals surface area (Å²) in [6, 6.07) is 0. The van der Waals surface area contributed by atoms with Crippen molar-refractivity contribution in [2.45, 2.75) is 182 Å². The summed E-state index contributed by atoms with van der Waals surface area (Å²) in [5.74, 6) is 0.978. The predicted octanol–water partition coefficient (Wildman–Crippen LogP) is 8.34. The molecule has 0 radical (unpaired) electrons. The maximum Gasteiger partial charge on any atom is 0.161 e. The number of aliphatic hydroxyl groups is 4. The summed E-state index contributed by atoms with van der Waals surface area (Å²) < 4.78 is 12.8. The summed E-state index contributed by atoms with van der Waals surface area (Å²) in [5.41, 5.74) is -0.981. The fourth-order valence-corrected chi connectivity index (χ4v) is 7.70. The van der Waals surface area contributed by atoms with Crippen LogP contribution in [0.3, 0.4) is 0 Å². The second-order valence-electron chi connectivity index (χ2n) is 16.6. The Morgan fingerprint density at radius 3 is 2.09 bits per heavy atom. The highest BCUT2D eigenvalue weighted by molar-refractivity contribution is 5.91. The van der Waals surface area contributed by atoms with Gasteiger partial charge in [-0.15, -0.1) is 0 Å². The summed E-state index contributed by atoms with van der Waals surface area (Å²) in [6.07, 6.45) is 11.9. The summed E-state index contributed by atoms with van der Waals surface area (Å²) >= 11 is 0. The number of hydrogen-bond donors (Lipinski definition) is 4. The van der Waals surface area contributed by atoms with Gasteiger partial charge < -0.3 is 29.9 Å². The molecule has 2 aliphatic heterocycles. The van der Waals surface area contributed by atoms with Gasteiger partial charge in [-0.3, -0.25) is 4.79 Å². The molecule has 2 saturated heterocycles. The summed E-state index contributed by atoms with van der Waals surface area (Å²) in [4.78, 5) is 12.8. The van der Waals surface area contributed by atoms with Crippen molar-refractivity contribution in [3.05, 3.63) is 24.0 Å². The smallest absolute Gasteiger partial charge is 0.161 e. The molecule has 0 aliphatic carbocycles. The molecule has 14 atom stereocenters. The Hall–Kier alpha value is -1.25. The van der Waals surface area contributed by atoms with E-state index in [1.165, 1.54) is 6.08 Å². The molecule has 4 N–H and O–H groups in total. The zero-order valence-corrected chi connectivity index (χ0v) is 31.7. The molecule has 0 spiro atoms. The Bertz CT molecular complexity index is 1010. The lowest BCUT2D eigenvalue weighted by Crippen LogP contribution is -2.44. The van der Waals surface area contributed by atoms with Crippen LogP contribution in [0.1, 0.15) is 140 Å². The standard InChI is InChI=1S/C40H72O7/c1-12-25(2)20-27(4)22-30(7)35(43)24-34(42)29(6)21-26(3)14-13-15-28(5)38(45)31(8)36(44)23-33-16-18-40(11,46-33)37-17-19-39(10,47-37)32(9)41/h13,15,24-33,36-38,41-42,44-45H,12,14,16-23H2,1-11H3. The van der Waals surface area contributed by atoms with Crippen molar-refractivity contribution in [3.8, 4) is 0 Å². The third-order valence-corrected chi connectivity index (χ3v) is 11.7. The van der Waals surface area contributed by atoms with E-state index < -0.39 is 29.5 Å². The highest BCUT2D eigenvalue weighted by Gasteiger charge is 2.51. The predicted molar refractivity (Wildman–Crippen MR) is 191 cm³/mol. The largest absolute Gasteiger partial charge is 0.512 e. The molecule has 7 heteroatoms. The maximum atomic E-state index is 12.8. The number of ether oxygens (including phenoxy) is 2. The van der Waals surface area contributed by atoms with Gasteiger partial charge in [0.25, 0.3) is 0 Å². The van der Waals surface area contributed by atoms with Gasteiger partial charge in [0, 0.05) is 29.7 Å². The third kappa shape index (κ3) is 12.5. The van der Waals surface area contributed by atoms with Gasteiger partial charge in [0.2, 0.25) is 0 Å². The van der Waals surface area contributed by atoms with Crippen LogP contribution in [0.15, 0.2) is 24.0 Å². The Labute approximate surface area is 287 Å². The number of hydrogen-bond acceptors (Lipinski definition) is 7. The molecule has 0 amide bonds. The van der Waals surface area contributed by atoms with Crippen LogP contribution in [0.25, 0.3) is 0 Å². The summed E-state index contributed by atoms with van der Waals surface area (Å²) in [6.45, 7) is 22.4. The van der Waals surface area contributed by atoms with Crippen molar-refractivity contribution in [3.63, 3.8) is 0 Å². The second kappa shape index (κ2) is 18.7. The zero-order valence-electron chi connectivity index (χ0n) is 31.7. The van der Waals surface area contributed by atoms with Crippen LogP contribution in [-0.2, 0) is 14.3 Å². The molecular formula is C40H72O7. The topological polar surface area (TPSA) is 116 Å². The first-order valence-corrected chi connectivity index (χ1v) is 18.8. The van der Waals surface area contributed by atoms with E-state index in [0.29, 0.717) is 24.2 Å². The van der Waals surface area contributed by atoms with Crippen molar-refractivity contribution in [1.29, 1.82) is 0 Å². The van der Waals surface area contributed by atoms with Gasteiger partial charge >= 0.3 is 0 Å². The van der Waals surface area contributed by atoms with E-state index in [0.717, 1.165) is 57.8 Å². The van der Waals surface area contributed by atoms with E-state index in [1.54, 1.807) is 6.92 Å². The molecule has 2 fully saturated rings. The molecule has 0 aromatic rings. The fourth-order valence-electron chi connectivity index (χ4n) is 7.70. The molecular weight excluding hydrogens is 592 g/mol. The SMILES string of the molecule is CCC(C)CC(C)CC(C)C(=O)C=C(O)C(C)CC(C)CC=CC(C)C(O)C(C)C(O)CC1CCC(C)(C2CCC(C)(C(C)O)O2)O1. The molecule has 274 valence electrons. The summed E-state index contributed by atoms with van der Waals surface area (Å²) in [7, 11) is 0. The average molecular weight is 665 g/mol. The molecule has 14 unspecified atom stereocenters. The molecule has 47 heavy (non-hydrogen) atoms. The normalized spacial score (nSPS) is 32.0. The Morgan fingerprint density at radius 2 is 1.49 bits per heavy atom. The average Bonchev–Trinajstić information content (AvgIpc) is 3.60. The lowest BCUT2D eigenvalue weighted by atomic mass is 9.85. The number of rotatable bonds is 20. The highest BCUT2D eigenvalue weighted by atomic mass is 16.6. The number of carbonyl (C=O) groups is 1. The maximum absolute atomic E-state index is 12.8. The van der Waals surface area contributed by atoms with Crippen molar-refractivity contribution in [2.75, 3.05) is 0 Å². The van der Waals surface area contributed by atoms with Gasteiger partial charge in [-0.05, 0) is 96.3 Å². The van der Waals surface area contributed by atoms with Gasteiger partial charge in [0.15, 0.2) is 5.78 Å². The summed E-state index contributed by atoms with van der Waals surface area (Å²) in [5, 5.41) is 43.0. The van der Waals surface area contributed by atoms with Crippen molar-refractivity contribution < 1.29 is 34.7 Å². The fraction of sp³-hybridized carbons (Fsp3) is 0.875. The first-order valence-electron chi connectivity index (χ1n) is 18.8. The molecule has 2 aliphatic rings. The first kappa shape index (κ1) is 41.9. The van der Waals surface area contributed by atoms with E-state index >= 15 is 0 Å². The molecule has 7 nitrogen and oxygen atoms in total. The molecule has 0 bridgehead atoms. The van der Waals surface area contributed by atoms with Crippen LogP contribution in [-0.4, -0.2) is 67.9 Å². The molecule has 0 aromatic carbocycles. The van der Waals surface area contributed by atoms with Gasteiger partial charge in [-0.1, -0.05) is 74.0 Å². The van der Waals surface area contributed by atoms with Gasteiger partial charge in [-0.2, -0.15) is 0 Å². The van der Waals surface area contributed by atoms with Crippen LogP contribution in [0.5, 0.6) is 0 Å². The van der Waals surface area contributed by atoms with E-state index in [9.17, 15) is 25.2 Å². The van der Waals surface area contributed by atoms with Crippen LogP contribution in [0.2, 0.25) is 0 Å². The number of carbonyl (C=O) groups excluding carboxylic acids is 1. The van der Waals surface area contributed by atoms with Crippen LogP contribution in [0.4, 0.5) is 0 Å². The van der Waals surface area contributed by atoms with Crippen molar-refractivity contribution >= 4 is 5.78 Å². The minimum Gasteiger partial charge on any atom is -0.512 e. The molecule has 0 saturated carbocycles. The highest BCUT2D eigenvalue weighted by Crippen LogP contribution is 2.45. The van der Waals surface area contributed by atoms with E-state index in [4.69, 9.17) is 9.47 Å². The lowest BCUT2D eigenvalue weighted by molar-refractivity contribution is -0.172. The molecule has 0 aromatic heterocycles. The number of ketones is 1. The molecule has 2 heterocycles. The van der Waals surface area contributed by atoms with Crippen molar-refractivity contribution in [2.24, 2.45) is 41.4 Å². The van der Waals surface area contributed by atoms with Crippen LogP contribution >= 0.6 is 0 Å². The second-order valence-corrected chi connectivity index (χ2v) is 16.6. The zero-order chi connectivity index (χ0) is 35.7. The van der Waals surface area contributed by atoms with E-state index in [2.05, 4.69) is 40.7 Å². The lowest BCUT2D eigenvalue weighted by Gasteiger charge is -2.35. The van der Waals surface area contributed by atoms with Gasteiger partial charge in [0.1, 0.15) is 0 Å². The van der Waals surface area contributed by atoms with Crippen LogP contribution in [0, 0.1) is 41.4 Å². The van der Waals surface area contributed by atoms with Crippen LogP contribution < -0.4 is 0 Å². The minimum atomic E-state index is -0.693. The van der Waals surface area contributed by atoms with Gasteiger partial charge in [0.05, 0.1) is 47.5 Å². The van der Waals surface area contributed by atoms with Gasteiger partial charge in [-0.25, -0.2) is 0 Å². The number of allylic oxidation sites excluding steroid dienone is 3. The Kier molecular flexibility index (Phi) is 16.6. The van der Waals surface area contributed by atoms with Crippen molar-refractivity contribution in [1.82, 2.24) is 0 Å².